The van der Waals surface area contributed by atoms with Gasteiger partial charge in [-0.1, -0.05) is 25.0 Å². The maximum atomic E-state index is 12.9. The number of piperidine rings is 1. The number of hydrogen-bond donors (Lipinski definition) is 2. The molecule has 3 atom stereocenters. The Balaban J connectivity index is 1.39. The lowest BCUT2D eigenvalue weighted by molar-refractivity contribution is -0.137. The van der Waals surface area contributed by atoms with Gasteiger partial charge in [-0.05, 0) is 50.2 Å². The van der Waals surface area contributed by atoms with Crippen LogP contribution in [0.15, 0.2) is 24.3 Å². The smallest absolute Gasteiger partial charge is 0.254 e. The molecule has 1 aliphatic carbocycles. The van der Waals surface area contributed by atoms with Gasteiger partial charge in [0.1, 0.15) is 6.04 Å². The maximum Gasteiger partial charge on any atom is 0.254 e. The van der Waals surface area contributed by atoms with Crippen molar-refractivity contribution in [3.05, 3.63) is 29.8 Å². The topological polar surface area (TPSA) is 78.5 Å². The Morgan fingerprint density at radius 2 is 1.85 bits per heavy atom. The van der Waals surface area contributed by atoms with Gasteiger partial charge in [-0.3, -0.25) is 14.4 Å². The Labute approximate surface area is 159 Å². The summed E-state index contributed by atoms with van der Waals surface area (Å²) in [6.07, 6.45) is 7.73. The third kappa shape index (κ3) is 3.70. The molecule has 2 fully saturated rings. The van der Waals surface area contributed by atoms with Crippen molar-refractivity contribution in [3.8, 4) is 0 Å². The van der Waals surface area contributed by atoms with Crippen molar-refractivity contribution in [2.24, 2.45) is 5.92 Å². The summed E-state index contributed by atoms with van der Waals surface area (Å²) in [5.41, 5.74) is 0.982. The van der Waals surface area contributed by atoms with E-state index in [4.69, 9.17) is 0 Å². The Hall–Kier alpha value is -2.37. The second kappa shape index (κ2) is 7.71. The average Bonchev–Trinajstić information content (AvgIpc) is 2.82. The van der Waals surface area contributed by atoms with Gasteiger partial charge in [-0.25, -0.2) is 0 Å². The first-order chi connectivity index (χ1) is 13.1. The van der Waals surface area contributed by atoms with E-state index < -0.39 is 6.04 Å². The molecule has 3 amide bonds. The summed E-state index contributed by atoms with van der Waals surface area (Å²) < 4.78 is 0. The molecule has 2 aliphatic heterocycles. The second-order valence-electron chi connectivity index (χ2n) is 7.94. The first-order valence-electron chi connectivity index (χ1n) is 10.1. The molecule has 0 spiro atoms. The summed E-state index contributed by atoms with van der Waals surface area (Å²) in [5.74, 6) is 0.240. The lowest BCUT2D eigenvalue weighted by atomic mass is 9.78. The van der Waals surface area contributed by atoms with Crippen molar-refractivity contribution >= 4 is 23.4 Å². The van der Waals surface area contributed by atoms with Gasteiger partial charge < -0.3 is 15.5 Å². The van der Waals surface area contributed by atoms with Gasteiger partial charge in [-0.2, -0.15) is 0 Å². The van der Waals surface area contributed by atoms with E-state index in [2.05, 4.69) is 15.5 Å². The fourth-order valence-electron chi connectivity index (χ4n) is 4.86. The minimum absolute atomic E-state index is 0.121. The number of nitrogens with zero attached hydrogens (tertiary/aromatic N) is 1. The number of amides is 3. The highest BCUT2D eigenvalue weighted by Crippen LogP contribution is 2.35. The summed E-state index contributed by atoms with van der Waals surface area (Å²) in [7, 11) is 0. The number of likely N-dealkylation sites (tertiary alicyclic amines) is 1. The molecule has 3 unspecified atom stereocenters. The van der Waals surface area contributed by atoms with Gasteiger partial charge in [0.2, 0.25) is 11.8 Å². The lowest BCUT2D eigenvalue weighted by Gasteiger charge is -2.44. The zero-order chi connectivity index (χ0) is 18.8. The van der Waals surface area contributed by atoms with Crippen LogP contribution in [0, 0.1) is 5.92 Å². The molecule has 2 heterocycles. The molecule has 0 radical (unpaired) electrons. The number of rotatable bonds is 3. The summed E-state index contributed by atoms with van der Waals surface area (Å²) >= 11 is 0. The Kier molecular flexibility index (Phi) is 5.14. The first-order valence-corrected chi connectivity index (χ1v) is 10.1. The van der Waals surface area contributed by atoms with Crippen LogP contribution in [0.2, 0.25) is 0 Å². The number of anilines is 1. The SMILES string of the molecule is O=C1NC(CCC(=O)N2CCCC3CCCCC32)C(=O)Nc2ccccc21. The van der Waals surface area contributed by atoms with Crippen LogP contribution in [0.25, 0.3) is 0 Å². The number of hydrogen-bond acceptors (Lipinski definition) is 3. The zero-order valence-electron chi connectivity index (χ0n) is 15.6. The van der Waals surface area contributed by atoms with Crippen LogP contribution in [-0.2, 0) is 9.59 Å². The van der Waals surface area contributed by atoms with E-state index in [0.717, 1.165) is 19.4 Å². The molecule has 0 bridgehead atoms. The van der Waals surface area contributed by atoms with Crippen LogP contribution in [-0.4, -0.2) is 41.2 Å². The van der Waals surface area contributed by atoms with Crippen LogP contribution >= 0.6 is 0 Å². The fourth-order valence-corrected chi connectivity index (χ4v) is 4.86. The largest absolute Gasteiger partial charge is 0.340 e. The molecule has 2 N–H and O–H groups in total. The van der Waals surface area contributed by atoms with Gasteiger partial charge in [0.05, 0.1) is 11.3 Å². The van der Waals surface area contributed by atoms with Crippen LogP contribution in [0.4, 0.5) is 5.69 Å². The Morgan fingerprint density at radius 1 is 1.07 bits per heavy atom. The minimum Gasteiger partial charge on any atom is -0.340 e. The molecular weight excluding hydrogens is 342 g/mol. The molecule has 27 heavy (non-hydrogen) atoms. The fraction of sp³-hybridized carbons (Fsp3) is 0.571. The van der Waals surface area contributed by atoms with Gasteiger partial charge in [-0.15, -0.1) is 0 Å². The molecule has 6 heteroatoms. The van der Waals surface area contributed by atoms with Crippen LogP contribution < -0.4 is 10.6 Å². The minimum atomic E-state index is -0.680. The summed E-state index contributed by atoms with van der Waals surface area (Å²) in [4.78, 5) is 39.8. The quantitative estimate of drug-likeness (QED) is 0.860. The van der Waals surface area contributed by atoms with Crippen LogP contribution in [0.5, 0.6) is 0 Å². The Morgan fingerprint density at radius 3 is 2.74 bits per heavy atom. The van der Waals surface area contributed by atoms with Crippen molar-refractivity contribution < 1.29 is 14.4 Å². The molecule has 1 saturated heterocycles. The van der Waals surface area contributed by atoms with E-state index in [1.807, 2.05) is 0 Å². The van der Waals surface area contributed by atoms with E-state index in [1.165, 1.54) is 25.7 Å². The monoisotopic (exact) mass is 369 g/mol. The van der Waals surface area contributed by atoms with Crippen molar-refractivity contribution in [2.45, 2.75) is 63.5 Å². The highest BCUT2D eigenvalue weighted by atomic mass is 16.2. The molecule has 0 aromatic heterocycles. The second-order valence-corrected chi connectivity index (χ2v) is 7.94. The molecule has 6 nitrogen and oxygen atoms in total. The predicted molar refractivity (Wildman–Crippen MR) is 102 cm³/mol. The molecule has 3 aliphatic rings. The van der Waals surface area contributed by atoms with E-state index in [1.54, 1.807) is 24.3 Å². The number of carbonyl (C=O) groups excluding carboxylic acids is 3. The van der Waals surface area contributed by atoms with E-state index >= 15 is 0 Å². The molecule has 144 valence electrons. The number of benzene rings is 1. The first kappa shape index (κ1) is 18.0. The van der Waals surface area contributed by atoms with E-state index in [9.17, 15) is 14.4 Å². The van der Waals surface area contributed by atoms with Gasteiger partial charge in [0.15, 0.2) is 0 Å². The highest BCUT2D eigenvalue weighted by molar-refractivity contribution is 6.09. The zero-order valence-corrected chi connectivity index (χ0v) is 15.6. The number of fused-ring (bicyclic) bond motifs is 2. The van der Waals surface area contributed by atoms with Gasteiger partial charge >= 0.3 is 0 Å². The molecule has 1 aromatic carbocycles. The maximum absolute atomic E-state index is 12.9. The van der Waals surface area contributed by atoms with E-state index in [0.29, 0.717) is 29.6 Å². The third-order valence-electron chi connectivity index (χ3n) is 6.26. The van der Waals surface area contributed by atoms with Gasteiger partial charge in [0.25, 0.3) is 5.91 Å². The van der Waals surface area contributed by atoms with Crippen molar-refractivity contribution in [1.29, 1.82) is 0 Å². The summed E-state index contributed by atoms with van der Waals surface area (Å²) in [6.45, 7) is 0.828. The summed E-state index contributed by atoms with van der Waals surface area (Å²) in [6, 6.07) is 6.66. The number of nitrogens with one attached hydrogen (secondary N) is 2. The van der Waals surface area contributed by atoms with Crippen LogP contribution in [0.3, 0.4) is 0 Å². The number of para-hydroxylation sites is 1. The lowest BCUT2D eigenvalue weighted by Crippen LogP contribution is -2.50. The Bertz CT molecular complexity index is 746. The molecule has 4 rings (SSSR count). The van der Waals surface area contributed by atoms with Crippen molar-refractivity contribution in [3.63, 3.8) is 0 Å². The number of carbonyl (C=O) groups is 3. The highest BCUT2D eigenvalue weighted by Gasteiger charge is 2.36. The normalized spacial score (nSPS) is 27.7. The average molecular weight is 369 g/mol. The predicted octanol–water partition coefficient (Wildman–Crippen LogP) is 2.70. The van der Waals surface area contributed by atoms with Crippen molar-refractivity contribution in [1.82, 2.24) is 10.2 Å². The molecule has 1 aromatic rings. The van der Waals surface area contributed by atoms with Crippen LogP contribution in [0.1, 0.15) is 61.7 Å². The summed E-state index contributed by atoms with van der Waals surface area (Å²) in [5, 5.41) is 5.58. The molecular formula is C21H27N3O3. The standard InChI is InChI=1S/C21H27N3O3/c25-19(24-13-5-7-14-6-1-4-10-18(14)24)12-11-17-21(27)22-16-9-3-2-8-15(16)20(26)23-17/h2-3,8-9,14,17-18H,1,4-7,10-13H2,(H,22,27)(H,23,26). The van der Waals surface area contributed by atoms with Crippen molar-refractivity contribution in [2.75, 3.05) is 11.9 Å². The van der Waals surface area contributed by atoms with Gasteiger partial charge in [0, 0.05) is 19.0 Å². The third-order valence-corrected chi connectivity index (χ3v) is 6.26. The van der Waals surface area contributed by atoms with E-state index in [-0.39, 0.29) is 24.1 Å². The molecule has 1 saturated carbocycles.